The number of benzene rings is 2. The van der Waals surface area contributed by atoms with Crippen LogP contribution < -0.4 is 0 Å². The van der Waals surface area contributed by atoms with E-state index in [1.54, 1.807) is 6.92 Å². The lowest BCUT2D eigenvalue weighted by Crippen LogP contribution is -1.95. The Morgan fingerprint density at radius 3 is 1.78 bits per heavy atom. The second-order valence-electron chi connectivity index (χ2n) is 4.32. The molecule has 0 saturated heterocycles. The molecular formula is C16H16F2. The van der Waals surface area contributed by atoms with Crippen LogP contribution >= 0.6 is 0 Å². The lowest BCUT2D eigenvalue weighted by Gasteiger charge is -2.07. The highest BCUT2D eigenvalue weighted by Crippen LogP contribution is 2.25. The standard InChI is InChI=1S/C16H16F2/c1-3-11-5-7-12(8-6-11)13-9-15(17)14(4-2)16(18)10-13/h5-10H,3-4H2,1-2H3. The first-order valence-electron chi connectivity index (χ1n) is 6.23. The highest BCUT2D eigenvalue weighted by molar-refractivity contribution is 5.64. The zero-order valence-electron chi connectivity index (χ0n) is 10.6. The Hall–Kier alpha value is -1.70. The van der Waals surface area contributed by atoms with Gasteiger partial charge in [-0.1, -0.05) is 38.1 Å². The molecule has 0 aliphatic heterocycles. The van der Waals surface area contributed by atoms with E-state index in [1.807, 2.05) is 24.3 Å². The average molecular weight is 246 g/mol. The molecule has 94 valence electrons. The van der Waals surface area contributed by atoms with Gasteiger partial charge in [0.2, 0.25) is 0 Å². The Balaban J connectivity index is 2.44. The fourth-order valence-electron chi connectivity index (χ4n) is 2.04. The van der Waals surface area contributed by atoms with Crippen molar-refractivity contribution in [2.24, 2.45) is 0 Å². The van der Waals surface area contributed by atoms with Crippen LogP contribution in [0, 0.1) is 11.6 Å². The number of rotatable bonds is 3. The van der Waals surface area contributed by atoms with Crippen LogP contribution in [0.3, 0.4) is 0 Å². The van der Waals surface area contributed by atoms with E-state index in [1.165, 1.54) is 17.7 Å². The normalized spacial score (nSPS) is 10.7. The first-order valence-corrected chi connectivity index (χ1v) is 6.23. The topological polar surface area (TPSA) is 0 Å². The minimum Gasteiger partial charge on any atom is -0.207 e. The van der Waals surface area contributed by atoms with E-state index in [-0.39, 0.29) is 5.56 Å². The molecule has 2 rings (SSSR count). The maximum absolute atomic E-state index is 13.7. The molecule has 0 atom stereocenters. The summed E-state index contributed by atoms with van der Waals surface area (Å²) in [4.78, 5) is 0. The van der Waals surface area contributed by atoms with Gasteiger partial charge < -0.3 is 0 Å². The first-order chi connectivity index (χ1) is 8.65. The minimum atomic E-state index is -0.466. The van der Waals surface area contributed by atoms with Crippen molar-refractivity contribution in [2.45, 2.75) is 26.7 Å². The molecule has 0 N–H and O–H groups in total. The third kappa shape index (κ3) is 2.42. The summed E-state index contributed by atoms with van der Waals surface area (Å²) < 4.78 is 27.4. The van der Waals surface area contributed by atoms with Crippen LogP contribution in [0.1, 0.15) is 25.0 Å². The molecule has 2 aromatic carbocycles. The maximum Gasteiger partial charge on any atom is 0.129 e. The summed E-state index contributed by atoms with van der Waals surface area (Å²) in [5.41, 5.74) is 2.80. The Morgan fingerprint density at radius 1 is 0.778 bits per heavy atom. The quantitative estimate of drug-likeness (QED) is 0.732. The van der Waals surface area contributed by atoms with Gasteiger partial charge in [-0.25, -0.2) is 8.78 Å². The zero-order chi connectivity index (χ0) is 13.1. The molecule has 0 aromatic heterocycles. The molecule has 2 heteroatoms. The minimum absolute atomic E-state index is 0.156. The monoisotopic (exact) mass is 246 g/mol. The van der Waals surface area contributed by atoms with Gasteiger partial charge in [-0.05, 0) is 41.7 Å². The van der Waals surface area contributed by atoms with Gasteiger partial charge in [0.15, 0.2) is 0 Å². The van der Waals surface area contributed by atoms with Crippen LogP contribution in [-0.4, -0.2) is 0 Å². The average Bonchev–Trinajstić information content (AvgIpc) is 2.38. The van der Waals surface area contributed by atoms with Gasteiger partial charge in [0.05, 0.1) is 0 Å². The molecular weight excluding hydrogens is 230 g/mol. The van der Waals surface area contributed by atoms with Gasteiger partial charge in [-0.3, -0.25) is 0 Å². The van der Waals surface area contributed by atoms with Crippen LogP contribution in [-0.2, 0) is 12.8 Å². The van der Waals surface area contributed by atoms with Crippen LogP contribution in [0.4, 0.5) is 8.78 Å². The Bertz CT molecular complexity index is 519. The van der Waals surface area contributed by atoms with Gasteiger partial charge in [-0.15, -0.1) is 0 Å². The van der Waals surface area contributed by atoms with Crippen LogP contribution in [0.25, 0.3) is 11.1 Å². The fraction of sp³-hybridized carbons (Fsp3) is 0.250. The van der Waals surface area contributed by atoms with Gasteiger partial charge in [0, 0.05) is 5.56 Å². The van der Waals surface area contributed by atoms with E-state index in [0.29, 0.717) is 12.0 Å². The molecule has 18 heavy (non-hydrogen) atoms. The van der Waals surface area contributed by atoms with Crippen molar-refractivity contribution in [3.63, 3.8) is 0 Å². The molecule has 0 heterocycles. The van der Waals surface area contributed by atoms with Crippen molar-refractivity contribution >= 4 is 0 Å². The predicted molar refractivity (Wildman–Crippen MR) is 70.6 cm³/mol. The highest BCUT2D eigenvalue weighted by atomic mass is 19.1. The molecule has 0 aliphatic carbocycles. The fourth-order valence-corrected chi connectivity index (χ4v) is 2.04. The number of hydrogen-bond donors (Lipinski definition) is 0. The van der Waals surface area contributed by atoms with Crippen LogP contribution in [0.15, 0.2) is 36.4 Å². The van der Waals surface area contributed by atoms with E-state index in [9.17, 15) is 8.78 Å². The lowest BCUT2D eigenvalue weighted by molar-refractivity contribution is 0.560. The third-order valence-electron chi connectivity index (χ3n) is 3.19. The molecule has 0 bridgehead atoms. The zero-order valence-corrected chi connectivity index (χ0v) is 10.6. The van der Waals surface area contributed by atoms with Crippen LogP contribution in [0.5, 0.6) is 0 Å². The summed E-state index contributed by atoms with van der Waals surface area (Å²) in [6, 6.07) is 10.6. The molecule has 0 spiro atoms. The van der Waals surface area contributed by atoms with E-state index >= 15 is 0 Å². The van der Waals surface area contributed by atoms with E-state index in [2.05, 4.69) is 6.92 Å². The highest BCUT2D eigenvalue weighted by Gasteiger charge is 2.10. The molecule has 0 unspecified atom stereocenters. The lowest BCUT2D eigenvalue weighted by atomic mass is 10.0. The van der Waals surface area contributed by atoms with Crippen molar-refractivity contribution in [1.29, 1.82) is 0 Å². The van der Waals surface area contributed by atoms with Crippen molar-refractivity contribution in [3.8, 4) is 11.1 Å². The Labute approximate surface area is 106 Å². The first kappa shape index (κ1) is 12.7. The SMILES string of the molecule is CCc1ccc(-c2cc(F)c(CC)c(F)c2)cc1. The van der Waals surface area contributed by atoms with Gasteiger partial charge in [-0.2, -0.15) is 0 Å². The molecule has 0 saturated carbocycles. The summed E-state index contributed by atoms with van der Waals surface area (Å²) in [5.74, 6) is -0.931. The second-order valence-corrected chi connectivity index (χ2v) is 4.32. The smallest absolute Gasteiger partial charge is 0.129 e. The van der Waals surface area contributed by atoms with Crippen molar-refractivity contribution < 1.29 is 8.78 Å². The van der Waals surface area contributed by atoms with E-state index in [4.69, 9.17) is 0 Å². The largest absolute Gasteiger partial charge is 0.207 e. The van der Waals surface area contributed by atoms with Gasteiger partial charge in [0.25, 0.3) is 0 Å². The maximum atomic E-state index is 13.7. The molecule has 0 fully saturated rings. The van der Waals surface area contributed by atoms with E-state index < -0.39 is 11.6 Å². The van der Waals surface area contributed by atoms with Crippen molar-refractivity contribution in [2.75, 3.05) is 0 Å². The number of aryl methyl sites for hydroxylation is 1. The molecule has 0 aliphatic rings. The van der Waals surface area contributed by atoms with Crippen molar-refractivity contribution in [3.05, 3.63) is 59.2 Å². The summed E-state index contributed by atoms with van der Waals surface area (Å²) in [6.07, 6.45) is 1.32. The summed E-state index contributed by atoms with van der Waals surface area (Å²) >= 11 is 0. The third-order valence-corrected chi connectivity index (χ3v) is 3.19. The molecule has 0 radical (unpaired) electrons. The molecule has 2 aromatic rings. The number of hydrogen-bond acceptors (Lipinski definition) is 0. The number of halogens is 2. The van der Waals surface area contributed by atoms with E-state index in [0.717, 1.165) is 12.0 Å². The summed E-state index contributed by atoms with van der Waals surface area (Å²) in [6.45, 7) is 3.82. The summed E-state index contributed by atoms with van der Waals surface area (Å²) in [5, 5.41) is 0. The van der Waals surface area contributed by atoms with Crippen molar-refractivity contribution in [1.82, 2.24) is 0 Å². The predicted octanol–water partition coefficient (Wildman–Crippen LogP) is 4.76. The summed E-state index contributed by atoms with van der Waals surface area (Å²) in [7, 11) is 0. The Kier molecular flexibility index (Phi) is 3.75. The molecule has 0 amide bonds. The van der Waals surface area contributed by atoms with Gasteiger partial charge >= 0.3 is 0 Å². The Morgan fingerprint density at radius 2 is 1.33 bits per heavy atom. The van der Waals surface area contributed by atoms with Crippen LogP contribution in [0.2, 0.25) is 0 Å². The molecule has 0 nitrogen and oxygen atoms in total. The van der Waals surface area contributed by atoms with Gasteiger partial charge in [0.1, 0.15) is 11.6 Å². The second kappa shape index (κ2) is 5.30.